The minimum absolute atomic E-state index is 0.0368. The van der Waals surface area contributed by atoms with Gasteiger partial charge in [0, 0.05) is 34.4 Å². The molecule has 0 bridgehead atoms. The first-order valence-electron chi connectivity index (χ1n) is 11.1. The maximum Gasteiger partial charge on any atom is 0.255 e. The van der Waals surface area contributed by atoms with Gasteiger partial charge in [0.2, 0.25) is 5.37 Å². The monoisotopic (exact) mass is 501 g/mol. The molecule has 3 heterocycles. The van der Waals surface area contributed by atoms with Crippen LogP contribution in [-0.2, 0) is 20.5 Å². The second-order valence-electron chi connectivity index (χ2n) is 8.21. The molecule has 8 heteroatoms. The first-order valence-corrected chi connectivity index (χ1v) is 13.5. The molecule has 3 aromatic rings. The van der Waals surface area contributed by atoms with E-state index in [-0.39, 0.29) is 16.9 Å². The first-order chi connectivity index (χ1) is 17.1. The summed E-state index contributed by atoms with van der Waals surface area (Å²) in [5.41, 5.74) is 9.36. The Balaban J connectivity index is 1.57. The zero-order valence-corrected chi connectivity index (χ0v) is 20.3. The summed E-state index contributed by atoms with van der Waals surface area (Å²) in [5.74, 6) is -1.24. The summed E-state index contributed by atoms with van der Waals surface area (Å²) >= 11 is 1.31. The predicted octanol–water partition coefficient (Wildman–Crippen LogP) is 2.66. The molecule has 0 radical (unpaired) electrons. The van der Waals surface area contributed by atoms with Crippen molar-refractivity contribution < 1.29 is 14.7 Å². The summed E-state index contributed by atoms with van der Waals surface area (Å²) in [7, 11) is -0.474. The number of carbonyl (C=O) groups excluding carboxylic acids is 2. The number of rotatable bonds is 7. The summed E-state index contributed by atoms with van der Waals surface area (Å²) < 4.78 is 0. The fraction of sp³-hybridized carbons (Fsp3) is 0.148. The molecule has 1 fully saturated rings. The van der Waals surface area contributed by atoms with Gasteiger partial charge in [0.25, 0.3) is 5.91 Å². The zero-order valence-electron chi connectivity index (χ0n) is 18.7. The molecule has 2 aliphatic heterocycles. The van der Waals surface area contributed by atoms with E-state index in [1.54, 1.807) is 12.4 Å². The van der Waals surface area contributed by atoms with Crippen molar-refractivity contribution >= 4 is 40.6 Å². The third kappa shape index (κ3) is 4.52. The van der Waals surface area contributed by atoms with Gasteiger partial charge in [-0.25, -0.2) is 0 Å². The molecule has 6 nitrogen and oxygen atoms in total. The number of benzene rings is 2. The molecule has 2 N–H and O–H groups in total. The van der Waals surface area contributed by atoms with Crippen molar-refractivity contribution in [2.75, 3.05) is 5.75 Å². The minimum Gasteiger partial charge on any atom is -0.543 e. The van der Waals surface area contributed by atoms with E-state index in [4.69, 9.17) is 5.73 Å². The fourth-order valence-electron chi connectivity index (χ4n) is 4.48. The van der Waals surface area contributed by atoms with Crippen LogP contribution in [0.15, 0.2) is 101 Å². The SMILES string of the molecule is NC1C(=O)N2C(C(=O)[O-])=C(S/C=C\c3cccnc3)C[S+](C(c3ccccc3)c3ccccc3)[C@H]12. The van der Waals surface area contributed by atoms with E-state index >= 15 is 0 Å². The van der Waals surface area contributed by atoms with Crippen molar-refractivity contribution in [2.45, 2.75) is 16.7 Å². The number of carboxylic acid groups (broad SMARTS) is 1. The molecule has 1 amide bonds. The van der Waals surface area contributed by atoms with E-state index in [1.165, 1.54) is 16.7 Å². The normalized spacial score (nSPS) is 21.8. The Bertz CT molecular complexity index is 1240. The van der Waals surface area contributed by atoms with Crippen molar-refractivity contribution in [2.24, 2.45) is 5.73 Å². The number of carbonyl (C=O) groups is 2. The van der Waals surface area contributed by atoms with Crippen LogP contribution >= 0.6 is 11.8 Å². The van der Waals surface area contributed by atoms with Crippen molar-refractivity contribution in [3.05, 3.63) is 118 Å². The standard InChI is InChI=1S/C27H23N3O3S2/c28-22-25(31)30-23(27(32)33)21(34-15-13-18-8-7-14-29-16-18)17-35(26(22)30)24(19-9-3-1-4-10-19)20-11-5-2-6-12-20/h1-16,22,24,26H,17,28H2/b15-13-/t22?,26-,35?/m1/s1. The quantitative estimate of drug-likeness (QED) is 0.395. The lowest BCUT2D eigenvalue weighted by Gasteiger charge is -2.49. The number of amides is 1. The van der Waals surface area contributed by atoms with Crippen LogP contribution < -0.4 is 10.8 Å². The van der Waals surface area contributed by atoms with Crippen molar-refractivity contribution in [3.8, 4) is 0 Å². The highest BCUT2D eigenvalue weighted by atomic mass is 32.2. The second kappa shape index (κ2) is 10.1. The van der Waals surface area contributed by atoms with Crippen LogP contribution in [0.2, 0.25) is 0 Å². The Morgan fingerprint density at radius 2 is 1.74 bits per heavy atom. The summed E-state index contributed by atoms with van der Waals surface area (Å²) in [5, 5.41) is 13.6. The average Bonchev–Trinajstić information content (AvgIpc) is 2.89. The van der Waals surface area contributed by atoms with Crippen LogP contribution in [0, 0.1) is 0 Å². The molecule has 2 unspecified atom stereocenters. The van der Waals surface area contributed by atoms with Crippen molar-refractivity contribution in [1.82, 2.24) is 9.88 Å². The van der Waals surface area contributed by atoms with E-state index in [0.717, 1.165) is 16.7 Å². The molecular formula is C27H23N3O3S2. The summed E-state index contributed by atoms with van der Waals surface area (Å²) in [6.07, 6.45) is 5.29. The minimum atomic E-state index is -1.35. The Morgan fingerprint density at radius 1 is 1.09 bits per heavy atom. The van der Waals surface area contributed by atoms with Gasteiger partial charge in [0.05, 0.1) is 16.6 Å². The third-order valence-corrected chi connectivity index (χ3v) is 10.0. The number of β-lactam (4-membered cyclic amide) rings is 1. The van der Waals surface area contributed by atoms with Crippen LogP contribution in [0.3, 0.4) is 0 Å². The number of nitrogens with two attached hydrogens (primary N) is 1. The maximum atomic E-state index is 12.8. The topological polar surface area (TPSA) is 99.4 Å². The molecule has 1 saturated heterocycles. The van der Waals surface area contributed by atoms with Gasteiger partial charge in [-0.3, -0.25) is 14.7 Å². The number of thioether (sulfide) groups is 1. The van der Waals surface area contributed by atoms with Gasteiger partial charge in [0.15, 0.2) is 11.3 Å². The lowest BCUT2D eigenvalue weighted by molar-refractivity contribution is -0.301. The van der Waals surface area contributed by atoms with E-state index in [9.17, 15) is 14.7 Å². The highest BCUT2D eigenvalue weighted by Gasteiger charge is 2.62. The summed E-state index contributed by atoms with van der Waals surface area (Å²) in [6.45, 7) is 0. The molecule has 2 aliphatic rings. The van der Waals surface area contributed by atoms with Gasteiger partial charge in [-0.05, 0) is 23.1 Å². The first kappa shape index (κ1) is 23.4. The van der Waals surface area contributed by atoms with Gasteiger partial charge in [0.1, 0.15) is 5.75 Å². The van der Waals surface area contributed by atoms with Gasteiger partial charge in [-0.2, -0.15) is 0 Å². The molecule has 0 aliphatic carbocycles. The van der Waals surface area contributed by atoms with Crippen LogP contribution in [0.25, 0.3) is 6.08 Å². The van der Waals surface area contributed by atoms with Gasteiger partial charge in [-0.1, -0.05) is 78.5 Å². The fourth-order valence-corrected chi connectivity index (χ4v) is 8.88. The molecule has 176 valence electrons. The Kier molecular flexibility index (Phi) is 6.77. The molecule has 0 spiro atoms. The van der Waals surface area contributed by atoms with Crippen molar-refractivity contribution in [3.63, 3.8) is 0 Å². The summed E-state index contributed by atoms with van der Waals surface area (Å²) in [6, 6.07) is 23.3. The van der Waals surface area contributed by atoms with E-state index in [0.29, 0.717) is 10.7 Å². The van der Waals surface area contributed by atoms with E-state index in [1.807, 2.05) is 60.0 Å². The van der Waals surface area contributed by atoms with Crippen molar-refractivity contribution in [1.29, 1.82) is 0 Å². The number of aliphatic carboxylic acids is 1. The highest BCUT2D eigenvalue weighted by Crippen LogP contribution is 2.47. The van der Waals surface area contributed by atoms with Gasteiger partial charge >= 0.3 is 0 Å². The number of hydrogen-bond acceptors (Lipinski definition) is 6. The molecule has 1 aromatic heterocycles. The molecule has 3 atom stereocenters. The molecular weight excluding hydrogens is 478 g/mol. The number of fused-ring (bicyclic) bond motifs is 1. The maximum absolute atomic E-state index is 12.8. The molecule has 0 saturated carbocycles. The lowest BCUT2D eigenvalue weighted by Crippen LogP contribution is -2.74. The number of nitrogens with zero attached hydrogens (tertiary/aromatic N) is 2. The number of hydrogen-bond donors (Lipinski definition) is 1. The predicted molar refractivity (Wildman–Crippen MR) is 138 cm³/mol. The van der Waals surface area contributed by atoms with E-state index in [2.05, 4.69) is 29.2 Å². The number of aromatic nitrogens is 1. The van der Waals surface area contributed by atoms with Gasteiger partial charge < -0.3 is 15.6 Å². The Hall–Kier alpha value is -3.33. The summed E-state index contributed by atoms with van der Waals surface area (Å²) in [4.78, 5) is 31.1. The van der Waals surface area contributed by atoms with Crippen LogP contribution in [0.1, 0.15) is 21.9 Å². The zero-order chi connectivity index (χ0) is 24.4. The number of carboxylic acids is 1. The largest absolute Gasteiger partial charge is 0.543 e. The van der Waals surface area contributed by atoms with Gasteiger partial charge in [-0.15, -0.1) is 0 Å². The van der Waals surface area contributed by atoms with Crippen LogP contribution in [0.5, 0.6) is 0 Å². The third-order valence-electron chi connectivity index (χ3n) is 6.05. The Morgan fingerprint density at radius 3 is 2.31 bits per heavy atom. The smallest absolute Gasteiger partial charge is 0.255 e. The van der Waals surface area contributed by atoms with E-state index < -0.39 is 28.3 Å². The van der Waals surface area contributed by atoms with Crippen LogP contribution in [-0.4, -0.2) is 38.9 Å². The molecule has 2 aromatic carbocycles. The molecule has 5 rings (SSSR count). The Labute approximate surface area is 210 Å². The molecule has 35 heavy (non-hydrogen) atoms. The van der Waals surface area contributed by atoms with Crippen LogP contribution in [0.4, 0.5) is 0 Å². The number of pyridine rings is 1. The average molecular weight is 502 g/mol. The second-order valence-corrected chi connectivity index (χ2v) is 11.4. The highest BCUT2D eigenvalue weighted by molar-refractivity contribution is 8.07. The lowest BCUT2D eigenvalue weighted by atomic mass is 10.0.